The Morgan fingerprint density at radius 2 is 2.00 bits per heavy atom. The number of tetrazole rings is 1. The molecule has 0 aliphatic carbocycles. The summed E-state index contributed by atoms with van der Waals surface area (Å²) in [6, 6.07) is 7.03. The Kier molecular flexibility index (Phi) is 4.70. The predicted molar refractivity (Wildman–Crippen MR) is 79.6 cm³/mol. The van der Waals surface area contributed by atoms with Gasteiger partial charge in [0.1, 0.15) is 11.6 Å². The Bertz CT molecular complexity index is 877. The van der Waals surface area contributed by atoms with Gasteiger partial charge in [-0.3, -0.25) is 15.0 Å². The standard InChI is InChI=1S/C15H12F2N6O2/c16-12-5-9(15(24)21-25)6-13(17)11(12)8-23-20-14(19-22-23)7-10-3-1-2-4-18-10/h1-6,25H,7-8H2,(H,21,24). The number of hydroxylamine groups is 1. The number of hydrogen-bond donors (Lipinski definition) is 2. The number of aromatic nitrogens is 5. The van der Waals surface area contributed by atoms with Gasteiger partial charge in [0.2, 0.25) is 0 Å². The maximum absolute atomic E-state index is 14.0. The molecule has 3 rings (SSSR count). The smallest absolute Gasteiger partial charge is 0.274 e. The lowest BCUT2D eigenvalue weighted by atomic mass is 10.1. The number of carbonyl (C=O) groups excluding carboxylic acids is 1. The van der Waals surface area contributed by atoms with E-state index in [0.29, 0.717) is 12.2 Å². The van der Waals surface area contributed by atoms with Crippen LogP contribution >= 0.6 is 0 Å². The Labute approximate surface area is 140 Å². The van der Waals surface area contributed by atoms with Crippen LogP contribution in [0.4, 0.5) is 8.78 Å². The van der Waals surface area contributed by atoms with Crippen LogP contribution in [0.15, 0.2) is 36.5 Å². The van der Waals surface area contributed by atoms with Gasteiger partial charge in [0.25, 0.3) is 5.91 Å². The van der Waals surface area contributed by atoms with E-state index in [1.165, 1.54) is 5.48 Å². The van der Waals surface area contributed by atoms with Crippen molar-refractivity contribution < 1.29 is 18.8 Å². The molecule has 10 heteroatoms. The number of halogens is 2. The number of nitrogens with one attached hydrogen (secondary N) is 1. The molecular formula is C15H12F2N6O2. The lowest BCUT2D eigenvalue weighted by Crippen LogP contribution is -2.19. The molecule has 0 saturated carbocycles. The minimum Gasteiger partial charge on any atom is -0.288 e. The fraction of sp³-hybridized carbons (Fsp3) is 0.133. The predicted octanol–water partition coefficient (Wildman–Crippen LogP) is 1.10. The first-order valence-electron chi connectivity index (χ1n) is 7.15. The molecule has 25 heavy (non-hydrogen) atoms. The van der Waals surface area contributed by atoms with E-state index < -0.39 is 17.5 Å². The van der Waals surface area contributed by atoms with E-state index in [-0.39, 0.29) is 17.7 Å². The normalized spacial score (nSPS) is 10.7. The maximum Gasteiger partial charge on any atom is 0.274 e. The molecule has 0 atom stereocenters. The topological polar surface area (TPSA) is 106 Å². The van der Waals surface area contributed by atoms with Crippen LogP contribution in [0, 0.1) is 11.6 Å². The van der Waals surface area contributed by atoms with Crippen LogP contribution in [0.1, 0.15) is 27.4 Å². The SMILES string of the molecule is O=C(NO)c1cc(F)c(Cn2nnc(Cc3ccccn3)n2)c(F)c1. The molecule has 0 aliphatic rings. The van der Waals surface area contributed by atoms with Crippen LogP contribution < -0.4 is 5.48 Å². The van der Waals surface area contributed by atoms with Crippen molar-refractivity contribution in [2.24, 2.45) is 0 Å². The lowest BCUT2D eigenvalue weighted by molar-refractivity contribution is 0.0705. The van der Waals surface area contributed by atoms with Gasteiger partial charge in [-0.05, 0) is 29.5 Å². The number of amides is 1. The van der Waals surface area contributed by atoms with Gasteiger partial charge in [-0.25, -0.2) is 14.3 Å². The van der Waals surface area contributed by atoms with Crippen molar-refractivity contribution in [3.63, 3.8) is 0 Å². The number of benzene rings is 1. The van der Waals surface area contributed by atoms with E-state index in [4.69, 9.17) is 5.21 Å². The van der Waals surface area contributed by atoms with Crippen molar-refractivity contribution >= 4 is 5.91 Å². The first-order valence-corrected chi connectivity index (χ1v) is 7.15. The molecule has 2 N–H and O–H groups in total. The van der Waals surface area contributed by atoms with Crippen LogP contribution in [0.3, 0.4) is 0 Å². The molecule has 0 radical (unpaired) electrons. The number of rotatable bonds is 5. The third kappa shape index (κ3) is 3.80. The molecule has 128 valence electrons. The average Bonchev–Trinajstić information content (AvgIpc) is 3.05. The Morgan fingerprint density at radius 3 is 2.64 bits per heavy atom. The van der Waals surface area contributed by atoms with Crippen molar-refractivity contribution in [1.29, 1.82) is 0 Å². The molecule has 2 aromatic heterocycles. The van der Waals surface area contributed by atoms with E-state index >= 15 is 0 Å². The number of pyridine rings is 1. The van der Waals surface area contributed by atoms with Crippen LogP contribution in [0.5, 0.6) is 0 Å². The van der Waals surface area contributed by atoms with Gasteiger partial charge in [0.15, 0.2) is 5.82 Å². The Hall–Kier alpha value is -3.27. The van der Waals surface area contributed by atoms with Crippen molar-refractivity contribution in [3.05, 3.63) is 70.8 Å². The lowest BCUT2D eigenvalue weighted by Gasteiger charge is -2.06. The van der Waals surface area contributed by atoms with Gasteiger partial charge in [0, 0.05) is 23.0 Å². The third-order valence-corrected chi connectivity index (χ3v) is 3.36. The van der Waals surface area contributed by atoms with Crippen molar-refractivity contribution in [3.8, 4) is 0 Å². The van der Waals surface area contributed by atoms with E-state index in [9.17, 15) is 13.6 Å². The molecule has 3 aromatic rings. The summed E-state index contributed by atoms with van der Waals surface area (Å²) in [5.74, 6) is -2.57. The molecule has 1 aromatic carbocycles. The van der Waals surface area contributed by atoms with Gasteiger partial charge in [-0.1, -0.05) is 6.07 Å². The van der Waals surface area contributed by atoms with Crippen LogP contribution in [-0.4, -0.2) is 36.3 Å². The fourth-order valence-corrected chi connectivity index (χ4v) is 2.17. The minimum atomic E-state index is -1.01. The monoisotopic (exact) mass is 346 g/mol. The second-order valence-corrected chi connectivity index (χ2v) is 5.09. The second kappa shape index (κ2) is 7.09. The van der Waals surface area contributed by atoms with E-state index in [1.54, 1.807) is 18.3 Å². The summed E-state index contributed by atoms with van der Waals surface area (Å²) in [7, 11) is 0. The van der Waals surface area contributed by atoms with Crippen molar-refractivity contribution in [2.45, 2.75) is 13.0 Å². The van der Waals surface area contributed by atoms with E-state index in [0.717, 1.165) is 22.6 Å². The zero-order valence-electron chi connectivity index (χ0n) is 12.7. The third-order valence-electron chi connectivity index (χ3n) is 3.36. The molecule has 8 nitrogen and oxygen atoms in total. The highest BCUT2D eigenvalue weighted by Crippen LogP contribution is 2.16. The number of carbonyl (C=O) groups is 1. The highest BCUT2D eigenvalue weighted by molar-refractivity contribution is 5.93. The van der Waals surface area contributed by atoms with Gasteiger partial charge in [0.05, 0.1) is 13.0 Å². The summed E-state index contributed by atoms with van der Waals surface area (Å²) < 4.78 is 28.1. The van der Waals surface area contributed by atoms with E-state index in [2.05, 4.69) is 20.4 Å². The summed E-state index contributed by atoms with van der Waals surface area (Å²) in [6.45, 7) is -0.298. The fourth-order valence-electron chi connectivity index (χ4n) is 2.17. The van der Waals surface area contributed by atoms with Gasteiger partial charge >= 0.3 is 0 Å². The van der Waals surface area contributed by atoms with Gasteiger partial charge < -0.3 is 0 Å². The summed E-state index contributed by atoms with van der Waals surface area (Å²) >= 11 is 0. The summed E-state index contributed by atoms with van der Waals surface area (Å²) in [5, 5.41) is 20.2. The molecule has 2 heterocycles. The molecule has 0 aliphatic heterocycles. The Morgan fingerprint density at radius 1 is 1.24 bits per heavy atom. The Balaban J connectivity index is 1.78. The zero-order valence-corrected chi connectivity index (χ0v) is 12.7. The molecule has 0 spiro atoms. The summed E-state index contributed by atoms with van der Waals surface area (Å²) in [6.07, 6.45) is 1.97. The summed E-state index contributed by atoms with van der Waals surface area (Å²) in [4.78, 5) is 16.4. The molecule has 0 unspecified atom stereocenters. The van der Waals surface area contributed by atoms with Crippen molar-refractivity contribution in [2.75, 3.05) is 0 Å². The first kappa shape index (κ1) is 16.6. The maximum atomic E-state index is 14.0. The highest BCUT2D eigenvalue weighted by atomic mass is 19.1. The number of nitrogens with zero attached hydrogens (tertiary/aromatic N) is 5. The zero-order chi connectivity index (χ0) is 17.8. The minimum absolute atomic E-state index is 0.298. The molecule has 0 bridgehead atoms. The van der Waals surface area contributed by atoms with Gasteiger partial charge in [-0.2, -0.15) is 4.80 Å². The van der Waals surface area contributed by atoms with Crippen LogP contribution in [0.25, 0.3) is 0 Å². The summed E-state index contributed by atoms with van der Waals surface area (Å²) in [5.41, 5.74) is 1.38. The quantitative estimate of drug-likeness (QED) is 0.529. The highest BCUT2D eigenvalue weighted by Gasteiger charge is 2.16. The largest absolute Gasteiger partial charge is 0.288 e. The van der Waals surface area contributed by atoms with E-state index in [1.807, 2.05) is 6.07 Å². The van der Waals surface area contributed by atoms with Crippen LogP contribution in [0.2, 0.25) is 0 Å². The number of hydrogen-bond acceptors (Lipinski definition) is 6. The average molecular weight is 346 g/mol. The van der Waals surface area contributed by atoms with Gasteiger partial charge in [-0.15, -0.1) is 10.2 Å². The molecule has 0 fully saturated rings. The molecule has 0 saturated heterocycles. The first-order chi connectivity index (χ1) is 12.1. The van der Waals surface area contributed by atoms with Crippen molar-refractivity contribution in [1.82, 2.24) is 30.7 Å². The molecular weight excluding hydrogens is 334 g/mol. The molecule has 1 amide bonds. The van der Waals surface area contributed by atoms with Crippen LogP contribution in [-0.2, 0) is 13.0 Å². The second-order valence-electron chi connectivity index (χ2n) is 5.09.